The average molecular weight is 204 g/mol. The molecule has 0 spiro atoms. The van der Waals surface area contributed by atoms with Crippen LogP contribution in [0.3, 0.4) is 0 Å². The molecule has 3 heteroatoms. The van der Waals surface area contributed by atoms with Gasteiger partial charge in [0.05, 0.1) is 11.2 Å². The molecule has 0 unspecified atom stereocenters. The fourth-order valence-electron chi connectivity index (χ4n) is 1.05. The third kappa shape index (κ3) is 2.06. The highest BCUT2D eigenvalue weighted by atomic mass is 32.2. The Balaban J connectivity index is 2.11. The van der Waals surface area contributed by atoms with Gasteiger partial charge in [0.2, 0.25) is 5.12 Å². The summed E-state index contributed by atoms with van der Waals surface area (Å²) in [5.41, 5.74) is 0.707. The maximum absolute atomic E-state index is 11.6. The highest BCUT2D eigenvalue weighted by Gasteiger charge is 2.07. The standard InChI is InChI=1S/C11H8O2S/c12-11(9-4-2-1-3-5-9)14-10-6-7-13-8-10/h1-8H. The van der Waals surface area contributed by atoms with Crippen molar-refractivity contribution in [3.8, 4) is 0 Å². The zero-order valence-corrected chi connectivity index (χ0v) is 8.16. The lowest BCUT2D eigenvalue weighted by Crippen LogP contribution is -1.90. The normalized spacial score (nSPS) is 10.0. The molecule has 14 heavy (non-hydrogen) atoms. The highest BCUT2D eigenvalue weighted by molar-refractivity contribution is 8.14. The zero-order chi connectivity index (χ0) is 9.80. The Morgan fingerprint density at radius 3 is 2.57 bits per heavy atom. The van der Waals surface area contributed by atoms with Crippen LogP contribution in [0, 0.1) is 0 Å². The Bertz CT molecular complexity index is 406. The largest absolute Gasteiger partial charge is 0.471 e. The summed E-state index contributed by atoms with van der Waals surface area (Å²) in [5, 5.41) is 0.0343. The van der Waals surface area contributed by atoms with Crippen molar-refractivity contribution in [2.45, 2.75) is 4.90 Å². The number of carbonyl (C=O) groups excluding carboxylic acids is 1. The van der Waals surface area contributed by atoms with Crippen molar-refractivity contribution >= 4 is 16.9 Å². The van der Waals surface area contributed by atoms with E-state index in [2.05, 4.69) is 0 Å². The molecule has 2 nitrogen and oxygen atoms in total. The molecule has 0 saturated heterocycles. The molecular formula is C11H8O2S. The predicted molar refractivity (Wildman–Crippen MR) is 55.3 cm³/mol. The molecule has 0 amide bonds. The van der Waals surface area contributed by atoms with Crippen molar-refractivity contribution in [1.82, 2.24) is 0 Å². The molecule has 0 fully saturated rings. The minimum Gasteiger partial charge on any atom is -0.471 e. The van der Waals surface area contributed by atoms with Gasteiger partial charge >= 0.3 is 0 Å². The fraction of sp³-hybridized carbons (Fsp3) is 0. The molecule has 1 heterocycles. The van der Waals surface area contributed by atoms with E-state index >= 15 is 0 Å². The maximum Gasteiger partial charge on any atom is 0.224 e. The zero-order valence-electron chi connectivity index (χ0n) is 7.34. The van der Waals surface area contributed by atoms with E-state index in [1.54, 1.807) is 30.7 Å². The Hall–Kier alpha value is -1.48. The molecule has 0 aliphatic heterocycles. The molecule has 0 bridgehead atoms. The Kier molecular flexibility index (Phi) is 2.70. The summed E-state index contributed by atoms with van der Waals surface area (Å²) in [4.78, 5) is 12.5. The number of carbonyl (C=O) groups is 1. The third-order valence-electron chi connectivity index (χ3n) is 1.72. The summed E-state index contributed by atoms with van der Waals surface area (Å²) >= 11 is 1.17. The number of hydrogen-bond acceptors (Lipinski definition) is 3. The molecule has 0 saturated carbocycles. The van der Waals surface area contributed by atoms with Gasteiger partial charge in [0, 0.05) is 5.56 Å². The number of benzene rings is 1. The summed E-state index contributed by atoms with van der Waals surface area (Å²) in [6.45, 7) is 0. The second-order valence-corrected chi connectivity index (χ2v) is 3.76. The van der Waals surface area contributed by atoms with Crippen LogP contribution in [0.1, 0.15) is 10.4 Å². The van der Waals surface area contributed by atoms with Gasteiger partial charge in [-0.25, -0.2) is 0 Å². The third-order valence-corrected chi connectivity index (χ3v) is 2.60. The minimum atomic E-state index is 0.0343. The van der Waals surface area contributed by atoms with Gasteiger partial charge in [0.25, 0.3) is 0 Å². The molecule has 0 aliphatic rings. The monoisotopic (exact) mass is 204 g/mol. The van der Waals surface area contributed by atoms with Gasteiger partial charge in [-0.15, -0.1) is 0 Å². The quantitative estimate of drug-likeness (QED) is 0.703. The van der Waals surface area contributed by atoms with E-state index in [-0.39, 0.29) is 5.12 Å². The molecule has 1 aromatic carbocycles. The van der Waals surface area contributed by atoms with Crippen LogP contribution < -0.4 is 0 Å². The van der Waals surface area contributed by atoms with Crippen LogP contribution in [0.5, 0.6) is 0 Å². The van der Waals surface area contributed by atoms with E-state index in [9.17, 15) is 4.79 Å². The van der Waals surface area contributed by atoms with Gasteiger partial charge in [-0.05, 0) is 17.8 Å². The van der Waals surface area contributed by atoms with E-state index in [0.717, 1.165) is 4.90 Å². The van der Waals surface area contributed by atoms with Gasteiger partial charge in [0.1, 0.15) is 6.26 Å². The van der Waals surface area contributed by atoms with Crippen molar-refractivity contribution < 1.29 is 9.21 Å². The van der Waals surface area contributed by atoms with E-state index in [1.807, 2.05) is 18.2 Å². The second-order valence-electron chi connectivity index (χ2n) is 2.71. The summed E-state index contributed by atoms with van der Waals surface area (Å²) in [6, 6.07) is 11.0. The topological polar surface area (TPSA) is 30.2 Å². The first kappa shape index (κ1) is 9.09. The Morgan fingerprint density at radius 2 is 1.93 bits per heavy atom. The lowest BCUT2D eigenvalue weighted by Gasteiger charge is -1.96. The number of furan rings is 1. The van der Waals surface area contributed by atoms with Gasteiger partial charge in [-0.3, -0.25) is 4.79 Å². The number of thioether (sulfide) groups is 1. The van der Waals surface area contributed by atoms with Crippen molar-refractivity contribution in [1.29, 1.82) is 0 Å². The van der Waals surface area contributed by atoms with E-state index in [4.69, 9.17) is 4.42 Å². The van der Waals surface area contributed by atoms with E-state index in [0.29, 0.717) is 5.56 Å². The smallest absolute Gasteiger partial charge is 0.224 e. The first-order valence-electron chi connectivity index (χ1n) is 4.16. The summed E-state index contributed by atoms with van der Waals surface area (Å²) in [5.74, 6) is 0. The highest BCUT2D eigenvalue weighted by Crippen LogP contribution is 2.22. The Morgan fingerprint density at radius 1 is 1.14 bits per heavy atom. The van der Waals surface area contributed by atoms with Crippen molar-refractivity contribution in [2.75, 3.05) is 0 Å². The molecule has 0 radical (unpaired) electrons. The van der Waals surface area contributed by atoms with Crippen LogP contribution >= 0.6 is 11.8 Å². The van der Waals surface area contributed by atoms with Crippen molar-refractivity contribution in [3.63, 3.8) is 0 Å². The molecule has 0 atom stereocenters. The van der Waals surface area contributed by atoms with Crippen LogP contribution in [-0.4, -0.2) is 5.12 Å². The molecule has 0 N–H and O–H groups in total. The number of hydrogen-bond donors (Lipinski definition) is 0. The predicted octanol–water partition coefficient (Wildman–Crippen LogP) is 3.21. The van der Waals surface area contributed by atoms with Crippen molar-refractivity contribution in [2.24, 2.45) is 0 Å². The summed E-state index contributed by atoms with van der Waals surface area (Å²) in [6.07, 6.45) is 3.12. The van der Waals surface area contributed by atoms with Gasteiger partial charge in [-0.1, -0.05) is 30.3 Å². The molecule has 0 aliphatic carbocycles. The van der Waals surface area contributed by atoms with E-state index < -0.39 is 0 Å². The second kappa shape index (κ2) is 4.15. The maximum atomic E-state index is 11.6. The first-order valence-corrected chi connectivity index (χ1v) is 4.97. The summed E-state index contributed by atoms with van der Waals surface area (Å²) in [7, 11) is 0. The fourth-order valence-corrected chi connectivity index (χ4v) is 1.75. The first-order chi connectivity index (χ1) is 6.86. The van der Waals surface area contributed by atoms with Gasteiger partial charge in [0.15, 0.2) is 0 Å². The Labute approximate surface area is 85.9 Å². The van der Waals surface area contributed by atoms with Gasteiger partial charge < -0.3 is 4.42 Å². The molecule has 1 aromatic heterocycles. The summed E-state index contributed by atoms with van der Waals surface area (Å²) < 4.78 is 4.88. The van der Waals surface area contributed by atoms with E-state index in [1.165, 1.54) is 11.8 Å². The van der Waals surface area contributed by atoms with Crippen molar-refractivity contribution in [3.05, 3.63) is 54.5 Å². The SMILES string of the molecule is O=C(Sc1ccoc1)c1ccccc1. The van der Waals surface area contributed by atoms with Crippen LogP contribution in [0.15, 0.2) is 58.2 Å². The molecule has 2 rings (SSSR count). The van der Waals surface area contributed by atoms with Crippen LogP contribution in [-0.2, 0) is 0 Å². The lowest BCUT2D eigenvalue weighted by molar-refractivity contribution is 0.108. The minimum absolute atomic E-state index is 0.0343. The molecular weight excluding hydrogens is 196 g/mol. The van der Waals surface area contributed by atoms with Gasteiger partial charge in [-0.2, -0.15) is 0 Å². The number of rotatable bonds is 2. The van der Waals surface area contributed by atoms with Crippen LogP contribution in [0.4, 0.5) is 0 Å². The lowest BCUT2D eigenvalue weighted by atomic mass is 10.2. The molecule has 70 valence electrons. The van der Waals surface area contributed by atoms with Crippen LogP contribution in [0.2, 0.25) is 0 Å². The molecule has 2 aromatic rings. The average Bonchev–Trinajstić information content (AvgIpc) is 2.72. The van der Waals surface area contributed by atoms with Crippen LogP contribution in [0.25, 0.3) is 0 Å².